The average Bonchev–Trinajstić information content (AvgIpc) is 1.61. The molecule has 765 valence electrons. The van der Waals surface area contributed by atoms with E-state index in [4.69, 9.17) is 31.0 Å². The first kappa shape index (κ1) is 106. The Morgan fingerprint density at radius 3 is 1.18 bits per heavy atom. The Morgan fingerprint density at radius 1 is 0.407 bits per heavy atom. The molecule has 3 saturated carbocycles. The predicted octanol–water partition coefficient (Wildman–Crippen LogP) is 17.6. The van der Waals surface area contributed by atoms with Gasteiger partial charge in [0.15, 0.2) is 89.5 Å². The second kappa shape index (κ2) is 49.0. The van der Waals surface area contributed by atoms with Gasteiger partial charge in [-0.05, 0) is 115 Å². The summed E-state index contributed by atoms with van der Waals surface area (Å²) in [6.45, 7) is -0.652. The molecule has 3 aliphatic carbocycles. The molecule has 22 aromatic rings. The Balaban J connectivity index is 0.000000114. The molecule has 27 rings (SSSR count). The van der Waals surface area contributed by atoms with E-state index in [1.165, 1.54) is 38.2 Å². The third-order valence-electron chi connectivity index (χ3n) is 23.6. The summed E-state index contributed by atoms with van der Waals surface area (Å²) in [4.78, 5) is 131. The van der Waals surface area contributed by atoms with Crippen LogP contribution >= 0.6 is 127 Å². The van der Waals surface area contributed by atoms with E-state index in [0.29, 0.717) is 147 Å². The minimum atomic E-state index is -1.24. The van der Waals surface area contributed by atoms with Crippen molar-refractivity contribution in [3.05, 3.63) is 251 Å². The number of rotatable bonds is 20. The molecule has 0 spiro atoms. The largest absolute Gasteiger partial charge is 0.365 e. The molecule has 19 N–H and O–H groups in total. The maximum atomic E-state index is 11.9. The van der Waals surface area contributed by atoms with Crippen molar-refractivity contribution in [2.75, 3.05) is 55.7 Å². The van der Waals surface area contributed by atoms with E-state index in [1.54, 1.807) is 52.8 Å². The van der Waals surface area contributed by atoms with Crippen molar-refractivity contribution in [3.63, 3.8) is 0 Å². The monoisotopic (exact) mass is 2740 g/mol. The second-order valence-electron chi connectivity index (χ2n) is 33.7. The Morgan fingerprint density at radius 2 is 0.760 bits per heavy atom. The molecule has 2 saturated heterocycles. The minimum Gasteiger partial charge on any atom is -0.365 e. The summed E-state index contributed by atoms with van der Waals surface area (Å²) in [5.74, 6) is 3.99. The van der Waals surface area contributed by atoms with Gasteiger partial charge in [0, 0.05) is 82.5 Å². The quantitative estimate of drug-likeness (QED) is 0.0191. The zero-order chi connectivity index (χ0) is 103. The molecule has 5 aromatic carbocycles. The fourth-order valence-corrected chi connectivity index (χ4v) is 16.7. The molecule has 5 fully saturated rings. The standard InChI is InChI=1S/C22H23N7O4.C22H23N7O3.C17H15N7.C14H9ClN6.C14H10N6O.C5H3BrN4O.CH4.5HI.2V/c30-9-14-17(31)18(32)21(33-14)29-10-24-16-19(25-12-6-7-12)27-22(28-20(16)29)26-13-5-1-3-11-4-2-8-23-15(11)13;30-10-16-15(31)9-17(32-16)29-11-24-19-20(25-13-6-7-13)27-22(28-21(19)29)26-14-5-1-3-12-4-2-8-23-18(12)14;1-3-10-4-2-8-18-13(10)12(5-1)22-17-23-15-14(19-9-20-15)16(24-17)21-11-6-7-11;15-12-11-13(18-7-17-11)21-14(20-12)19-9-5-1-3-8-4-2-6-16-10(8)9;21-13-11-12(17-7-16-11)19-14(20-13)18-9-5-1-3-8-4-2-6-15-10(8)9;6-5-9-3-2(4(11)10-5)7-1-8-3;;;;;;;;/h1-5,8,10,12,14,17-18,21,30-32H,6-7,9H2,(H2,25,26,27,28);1-5,8,11,13,15-17,30-31H,6-7,9-10H2,(H2,25,26,27,28);1-5,8-9,11H,6-7H2,(H3,19,20,21,22,23,24);1-7H,(H2,17,18,19,20,21);1-7H,(H3,16,17,18,19,20,21);1H,(H2,7,8,9,10,11);1H4;5*1H;;/q;;;;;;;;;;;;+2;+3/p-5. The normalized spacial score (nSPS) is 16.9. The van der Waals surface area contributed by atoms with Gasteiger partial charge in [-0.15, -0.1) is 0 Å². The van der Waals surface area contributed by atoms with Gasteiger partial charge in [-0.3, -0.25) is 53.6 Å². The van der Waals surface area contributed by atoms with Crippen molar-refractivity contribution < 1.29 is 49.4 Å². The van der Waals surface area contributed by atoms with Gasteiger partial charge in [-0.1, -0.05) is 110 Å². The SMILES string of the molecule is C.Clc1nc(Nc2cccc3cccnc23)nc2nc[nH]c12.O=c1[nH]c(Br)nc2nc[nH]c12.O=c1[nH]c(Nc2cccc3cccnc23)nc2nc[nH]c12.OCC1OC(n2cnc3c(NC4CC4)nc(Nc4cccc5cccnc45)nc32)C(O)C1O.OCC1OC(n2cnc3c(NC4CC4)nc(Nc4cccc5cccnc45)nc32)CC1O.[I][V]([I])[I].[I][V][I].c1cnc2c(Nc3nc(NC4CC4)c4[nH]cnc4n3)cccc2c1. The van der Waals surface area contributed by atoms with E-state index in [0.717, 1.165) is 120 Å². The van der Waals surface area contributed by atoms with Gasteiger partial charge in [0.1, 0.15) is 41.7 Å². The van der Waals surface area contributed by atoms with E-state index < -0.39 is 49.6 Å². The van der Waals surface area contributed by atoms with Crippen LogP contribution in [0.15, 0.2) is 235 Å². The molecule has 7 unspecified atom stereocenters. The molecule has 0 bridgehead atoms. The number of anilines is 13. The van der Waals surface area contributed by atoms with Gasteiger partial charge >= 0.3 is 114 Å². The van der Waals surface area contributed by atoms with Crippen LogP contribution in [0.4, 0.5) is 75.6 Å². The van der Waals surface area contributed by atoms with Gasteiger partial charge in [0.25, 0.3) is 11.1 Å². The number of hydrogen-bond donors (Lipinski definition) is 19. The van der Waals surface area contributed by atoms with Crippen LogP contribution in [0.25, 0.3) is 121 Å². The number of fused-ring (bicyclic) bond motifs is 11. The number of imidazole rings is 6. The number of para-hydroxylation sites is 5. The summed E-state index contributed by atoms with van der Waals surface area (Å²) in [5, 5.41) is 81.6. The summed E-state index contributed by atoms with van der Waals surface area (Å²) in [6, 6.07) is 50.0. The number of halogens is 7. The van der Waals surface area contributed by atoms with Gasteiger partial charge in [0.05, 0.1) is 113 Å². The van der Waals surface area contributed by atoms with Crippen LogP contribution in [-0.2, 0) is 23.9 Å². The number of benzene rings is 5. The first-order valence-corrected chi connectivity index (χ1v) is 69.6. The molecular weight excluding hydrogens is 2660 g/mol. The fraction of sp³-hybridized carbons (Fsp3) is 0.211. The number of H-pyrrole nitrogens is 6. The van der Waals surface area contributed by atoms with Gasteiger partial charge < -0.3 is 97.5 Å². The topological polar surface area (TPSA) is 625 Å². The molecule has 55 heteroatoms. The number of nitrogens with one attached hydrogen (secondary N) is 14. The van der Waals surface area contributed by atoms with Crippen LogP contribution in [0.3, 0.4) is 0 Å². The molecule has 5 aliphatic rings. The molecule has 0 radical (unpaired) electrons. The summed E-state index contributed by atoms with van der Waals surface area (Å²) < 4.78 is 15.3. The molecule has 150 heavy (non-hydrogen) atoms. The Kier molecular flexibility index (Phi) is 34.7. The van der Waals surface area contributed by atoms with E-state index >= 15 is 0 Å². The first-order chi connectivity index (χ1) is 72.7. The number of aliphatic hydroxyl groups excluding tert-OH is 5. The van der Waals surface area contributed by atoms with Crippen molar-refractivity contribution in [1.29, 1.82) is 0 Å². The molecule has 17 aromatic heterocycles. The molecule has 19 heterocycles. The number of pyridine rings is 5. The van der Waals surface area contributed by atoms with Crippen molar-refractivity contribution in [1.82, 2.24) is 144 Å². The van der Waals surface area contributed by atoms with Crippen molar-refractivity contribution in [2.24, 2.45) is 0 Å². The van der Waals surface area contributed by atoms with Crippen LogP contribution in [0.5, 0.6) is 0 Å². The minimum absolute atomic E-state index is 0. The zero-order valence-electron chi connectivity index (χ0n) is 77.1. The first-order valence-electron chi connectivity index (χ1n) is 45.9. The fourth-order valence-electron chi connectivity index (χ4n) is 16.2. The van der Waals surface area contributed by atoms with E-state index in [2.05, 4.69) is 283 Å². The summed E-state index contributed by atoms with van der Waals surface area (Å²) >= 11 is 21.3. The number of ether oxygens (including phenoxy) is 2. The van der Waals surface area contributed by atoms with Crippen LogP contribution in [0, 0.1) is 0 Å². The van der Waals surface area contributed by atoms with Crippen LogP contribution in [0.2, 0.25) is 5.15 Å². The number of aromatic amines is 6. The number of aromatic nitrogens is 29. The number of aliphatic hydroxyl groups is 5. The Bertz CT molecular complexity index is 8650. The summed E-state index contributed by atoms with van der Waals surface area (Å²) in [6.07, 6.45) is 18.8. The Hall–Kier alpha value is -12.2. The molecule has 7 atom stereocenters. The summed E-state index contributed by atoms with van der Waals surface area (Å²) in [7, 11) is 0.628. The van der Waals surface area contributed by atoms with Gasteiger partial charge in [0.2, 0.25) is 29.7 Å². The maximum Gasteiger partial charge on any atom is 0.231 e. The molecule has 0 amide bonds. The average molecular weight is 2740 g/mol. The van der Waals surface area contributed by atoms with Crippen LogP contribution in [-0.4, -0.2) is 231 Å². The zero-order valence-corrected chi connectivity index (χ0v) is 93.0. The second-order valence-corrected chi connectivity index (χ2v) is 82.0. The van der Waals surface area contributed by atoms with Crippen molar-refractivity contribution >= 4 is 325 Å². The molecular formula is C95H87BrClI5N37O9V2. The summed E-state index contributed by atoms with van der Waals surface area (Å²) in [5.41, 5.74) is 14.1. The van der Waals surface area contributed by atoms with Gasteiger partial charge in [-0.25, -0.2) is 34.9 Å². The van der Waals surface area contributed by atoms with Crippen LogP contribution < -0.4 is 53.7 Å². The van der Waals surface area contributed by atoms with Crippen molar-refractivity contribution in [3.8, 4) is 0 Å². The smallest absolute Gasteiger partial charge is 0.231 e. The van der Waals surface area contributed by atoms with E-state index in [-0.39, 0.29) is 30.1 Å². The van der Waals surface area contributed by atoms with Gasteiger partial charge in [-0.2, -0.15) is 44.9 Å². The van der Waals surface area contributed by atoms with E-state index in [9.17, 15) is 35.1 Å². The van der Waals surface area contributed by atoms with Crippen molar-refractivity contribution in [2.45, 2.75) is 113 Å². The van der Waals surface area contributed by atoms with E-state index in [1.807, 2.05) is 152 Å². The molecule has 2 aliphatic heterocycles. The third kappa shape index (κ3) is 25.4. The number of nitrogens with zero attached hydrogens (tertiary/aromatic N) is 23. The maximum absolute atomic E-state index is 11.9. The predicted molar refractivity (Wildman–Crippen MR) is 612 cm³/mol. The molecule has 46 nitrogen and oxygen atoms in total. The number of hydrogen-bond acceptors (Lipinski definition) is 38. The Labute approximate surface area is 928 Å². The van der Waals surface area contributed by atoms with Crippen LogP contribution in [0.1, 0.15) is 64.8 Å². The third-order valence-corrected chi connectivity index (χ3v) is 24.2.